The fourth-order valence-corrected chi connectivity index (χ4v) is 2.95. The largest absolute Gasteiger partial charge is 0.392 e. The molecule has 2 heteroatoms. The molecule has 0 amide bonds. The Labute approximate surface area is 134 Å². The van der Waals surface area contributed by atoms with Gasteiger partial charge >= 0.3 is 0 Å². The molecule has 0 radical (unpaired) electrons. The Morgan fingerprint density at radius 2 is 1.91 bits per heavy atom. The lowest BCUT2D eigenvalue weighted by molar-refractivity contribution is 0.342. The van der Waals surface area contributed by atoms with Crippen molar-refractivity contribution in [3.63, 3.8) is 0 Å². The van der Waals surface area contributed by atoms with Crippen molar-refractivity contribution in [2.45, 2.75) is 53.9 Å². The lowest BCUT2D eigenvalue weighted by Gasteiger charge is -2.32. The van der Waals surface area contributed by atoms with Gasteiger partial charge in [0.1, 0.15) is 5.83 Å². The van der Waals surface area contributed by atoms with E-state index in [1.165, 1.54) is 36.1 Å². The Morgan fingerprint density at radius 3 is 2.50 bits per heavy atom. The van der Waals surface area contributed by atoms with E-state index in [0.29, 0.717) is 0 Å². The average molecular weight is 304 g/mol. The van der Waals surface area contributed by atoms with Gasteiger partial charge in [0, 0.05) is 0 Å². The van der Waals surface area contributed by atoms with Crippen molar-refractivity contribution in [1.29, 1.82) is 0 Å². The minimum atomic E-state index is -0.294. The summed E-state index contributed by atoms with van der Waals surface area (Å²) in [5.74, 6) is -0.294. The number of rotatable bonds is 5. The first-order valence-electron chi connectivity index (χ1n) is 7.97. The van der Waals surface area contributed by atoms with Crippen molar-refractivity contribution in [3.8, 4) is 0 Å². The van der Waals surface area contributed by atoms with Gasteiger partial charge in [-0.2, -0.15) is 0 Å². The van der Waals surface area contributed by atoms with Gasteiger partial charge in [0.2, 0.25) is 0 Å². The van der Waals surface area contributed by atoms with Crippen molar-refractivity contribution >= 4 is 0 Å². The minimum absolute atomic E-state index is 0.0687. The van der Waals surface area contributed by atoms with Crippen molar-refractivity contribution in [1.82, 2.24) is 0 Å². The van der Waals surface area contributed by atoms with Crippen LogP contribution in [0.5, 0.6) is 0 Å². The fourth-order valence-electron chi connectivity index (χ4n) is 2.95. The van der Waals surface area contributed by atoms with Gasteiger partial charge < -0.3 is 5.11 Å². The quantitative estimate of drug-likeness (QED) is 0.636. The highest BCUT2D eigenvalue weighted by Crippen LogP contribution is 2.40. The molecule has 0 unspecified atom stereocenters. The van der Waals surface area contributed by atoms with Crippen LogP contribution >= 0.6 is 0 Å². The molecular formula is C20H29FO. The van der Waals surface area contributed by atoms with Gasteiger partial charge in [-0.25, -0.2) is 4.39 Å². The summed E-state index contributed by atoms with van der Waals surface area (Å²) in [6, 6.07) is 0. The molecule has 22 heavy (non-hydrogen) atoms. The highest BCUT2D eigenvalue weighted by Gasteiger charge is 2.26. The Bertz CT molecular complexity index is 542. The molecule has 1 aliphatic carbocycles. The SMILES string of the molecule is CC(=CCO)C=C(F)C=C(C)C=CC1=C(C)CCCC1(C)C. The summed E-state index contributed by atoms with van der Waals surface area (Å²) in [5.41, 5.74) is 4.63. The molecule has 1 rings (SSSR count). The predicted octanol–water partition coefficient (Wildman–Crippen LogP) is 5.81. The minimum Gasteiger partial charge on any atom is -0.392 e. The summed E-state index contributed by atoms with van der Waals surface area (Å²) in [6.45, 7) is 10.4. The van der Waals surface area contributed by atoms with E-state index in [1.807, 2.05) is 13.0 Å². The normalized spacial score (nSPS) is 21.0. The summed E-state index contributed by atoms with van der Waals surface area (Å²) in [7, 11) is 0. The standard InChI is InChI=1S/C20H29FO/c1-15(13-18(21)14-16(2)10-12-22)8-9-19-17(3)7-6-11-20(19,4)5/h8-10,13-14,22H,6-7,11-12H2,1-5H3. The molecule has 1 nitrogen and oxygen atoms in total. The molecule has 0 aromatic rings. The lowest BCUT2D eigenvalue weighted by atomic mass is 9.72. The van der Waals surface area contributed by atoms with E-state index in [0.717, 1.165) is 17.6 Å². The van der Waals surface area contributed by atoms with Gasteiger partial charge in [-0.15, -0.1) is 0 Å². The monoisotopic (exact) mass is 304 g/mol. The molecule has 0 fully saturated rings. The third kappa shape index (κ3) is 5.76. The Hall–Kier alpha value is -1.41. The summed E-state index contributed by atoms with van der Waals surface area (Å²) >= 11 is 0. The molecule has 0 saturated heterocycles. The van der Waals surface area contributed by atoms with Gasteiger partial charge in [-0.3, -0.25) is 0 Å². The molecule has 1 aliphatic rings. The molecule has 0 spiro atoms. The Kier molecular flexibility index (Phi) is 7.02. The fraction of sp³-hybridized carbons (Fsp3) is 0.500. The third-order valence-corrected chi connectivity index (χ3v) is 4.20. The first-order chi connectivity index (χ1) is 10.3. The van der Waals surface area contributed by atoms with Crippen LogP contribution in [0.4, 0.5) is 4.39 Å². The zero-order valence-corrected chi connectivity index (χ0v) is 14.5. The van der Waals surface area contributed by atoms with E-state index in [2.05, 4.69) is 26.8 Å². The second kappa shape index (κ2) is 8.28. The van der Waals surface area contributed by atoms with Crippen molar-refractivity contribution in [2.75, 3.05) is 6.61 Å². The summed E-state index contributed by atoms with van der Waals surface area (Å²) in [6.07, 6.45) is 12.3. The molecule has 0 saturated carbocycles. The van der Waals surface area contributed by atoms with E-state index in [4.69, 9.17) is 5.11 Å². The smallest absolute Gasteiger partial charge is 0.123 e. The van der Waals surface area contributed by atoms with Crippen LogP contribution in [0.1, 0.15) is 53.9 Å². The molecule has 0 aromatic heterocycles. The first-order valence-corrected chi connectivity index (χ1v) is 7.97. The predicted molar refractivity (Wildman–Crippen MR) is 93.3 cm³/mol. The molecule has 0 atom stereocenters. The molecule has 0 heterocycles. The van der Waals surface area contributed by atoms with Crippen molar-refractivity contribution < 1.29 is 9.50 Å². The molecule has 0 aromatic carbocycles. The van der Waals surface area contributed by atoms with Crippen LogP contribution in [0.2, 0.25) is 0 Å². The average Bonchev–Trinajstić information content (AvgIpc) is 2.37. The van der Waals surface area contributed by atoms with Gasteiger partial charge in [0.05, 0.1) is 6.61 Å². The van der Waals surface area contributed by atoms with Crippen LogP contribution in [-0.4, -0.2) is 11.7 Å². The second-order valence-electron chi connectivity index (χ2n) is 6.81. The topological polar surface area (TPSA) is 20.2 Å². The van der Waals surface area contributed by atoms with E-state index in [9.17, 15) is 4.39 Å². The number of aliphatic hydroxyl groups is 1. The number of hydrogen-bond acceptors (Lipinski definition) is 1. The summed E-state index contributed by atoms with van der Waals surface area (Å²) in [4.78, 5) is 0. The molecule has 0 aliphatic heterocycles. The maximum Gasteiger partial charge on any atom is 0.123 e. The van der Waals surface area contributed by atoms with Gasteiger partial charge in [0.15, 0.2) is 0 Å². The van der Waals surface area contributed by atoms with Gasteiger partial charge in [-0.1, -0.05) is 37.6 Å². The van der Waals surface area contributed by atoms with E-state index < -0.39 is 0 Å². The lowest BCUT2D eigenvalue weighted by Crippen LogP contribution is -2.19. The van der Waals surface area contributed by atoms with Crippen LogP contribution in [0.15, 0.2) is 58.5 Å². The molecule has 1 N–H and O–H groups in total. The van der Waals surface area contributed by atoms with Crippen molar-refractivity contribution in [3.05, 3.63) is 58.5 Å². The number of aliphatic hydroxyl groups excluding tert-OH is 1. The van der Waals surface area contributed by atoms with Crippen LogP contribution in [0.25, 0.3) is 0 Å². The van der Waals surface area contributed by atoms with Gasteiger partial charge in [0.25, 0.3) is 0 Å². The maximum absolute atomic E-state index is 13.8. The van der Waals surface area contributed by atoms with E-state index >= 15 is 0 Å². The highest BCUT2D eigenvalue weighted by atomic mass is 19.1. The maximum atomic E-state index is 13.8. The first kappa shape index (κ1) is 18.6. The van der Waals surface area contributed by atoms with E-state index in [1.54, 1.807) is 13.0 Å². The Morgan fingerprint density at radius 1 is 1.23 bits per heavy atom. The number of halogens is 1. The Balaban J connectivity index is 2.89. The summed E-state index contributed by atoms with van der Waals surface area (Å²) in [5, 5.41) is 8.77. The van der Waals surface area contributed by atoms with Crippen LogP contribution < -0.4 is 0 Å². The van der Waals surface area contributed by atoms with Crippen LogP contribution in [0, 0.1) is 5.41 Å². The van der Waals surface area contributed by atoms with Crippen molar-refractivity contribution in [2.24, 2.45) is 5.41 Å². The molecule has 0 bridgehead atoms. The van der Waals surface area contributed by atoms with Gasteiger partial charge in [-0.05, 0) is 74.3 Å². The van der Waals surface area contributed by atoms with E-state index in [-0.39, 0.29) is 17.8 Å². The number of allylic oxidation sites excluding steroid dienone is 9. The summed E-state index contributed by atoms with van der Waals surface area (Å²) < 4.78 is 13.8. The van der Waals surface area contributed by atoms with Crippen LogP contribution in [0.3, 0.4) is 0 Å². The third-order valence-electron chi connectivity index (χ3n) is 4.20. The van der Waals surface area contributed by atoms with Crippen LogP contribution in [-0.2, 0) is 0 Å². The zero-order chi connectivity index (χ0) is 16.8. The zero-order valence-electron chi connectivity index (χ0n) is 14.5. The molecular weight excluding hydrogens is 275 g/mol. The number of hydrogen-bond donors (Lipinski definition) is 1. The molecule has 122 valence electrons. The highest BCUT2D eigenvalue weighted by molar-refractivity contribution is 5.38. The second-order valence-corrected chi connectivity index (χ2v) is 6.81.